The Kier molecular flexibility index (Phi) is 4.06. The molecule has 1 aromatic rings. The quantitative estimate of drug-likeness (QED) is 0.713. The van der Waals surface area contributed by atoms with Crippen LogP contribution in [0, 0.1) is 5.41 Å². The first-order valence-corrected chi connectivity index (χ1v) is 5.33. The number of carbonyl (C=O) groups excluding carboxylic acids is 1. The summed E-state index contributed by atoms with van der Waals surface area (Å²) in [5, 5.41) is 18.2. The predicted octanol–water partition coefficient (Wildman–Crippen LogP) is 0.937. The van der Waals surface area contributed by atoms with Gasteiger partial charge in [0.2, 0.25) is 0 Å². The van der Waals surface area contributed by atoms with Crippen LogP contribution < -0.4 is 5.32 Å². The maximum Gasteiger partial charge on any atom is 0.269 e. The van der Waals surface area contributed by atoms with E-state index in [9.17, 15) is 9.90 Å². The Labute approximate surface area is 95.3 Å². The number of aliphatic hydroxyl groups is 1. The van der Waals surface area contributed by atoms with Crippen molar-refractivity contribution in [3.05, 3.63) is 18.0 Å². The fraction of sp³-hybridized carbons (Fsp3) is 0.636. The zero-order valence-corrected chi connectivity index (χ0v) is 9.95. The highest BCUT2D eigenvalue weighted by molar-refractivity contribution is 5.92. The van der Waals surface area contributed by atoms with Crippen LogP contribution in [-0.2, 0) is 0 Å². The second-order valence-corrected chi connectivity index (χ2v) is 5.09. The van der Waals surface area contributed by atoms with Gasteiger partial charge in [0.1, 0.15) is 5.69 Å². The molecular formula is C11H19N3O2. The summed E-state index contributed by atoms with van der Waals surface area (Å²) in [5.41, 5.74) is 0.474. The summed E-state index contributed by atoms with van der Waals surface area (Å²) in [4.78, 5) is 11.7. The van der Waals surface area contributed by atoms with Crippen molar-refractivity contribution in [3.63, 3.8) is 0 Å². The number of aromatic amines is 1. The molecule has 0 radical (unpaired) electrons. The average molecular weight is 225 g/mol. The minimum absolute atomic E-state index is 0.0584. The summed E-state index contributed by atoms with van der Waals surface area (Å²) in [7, 11) is 0. The Hall–Kier alpha value is -1.36. The topological polar surface area (TPSA) is 78.0 Å². The van der Waals surface area contributed by atoms with E-state index < -0.39 is 0 Å². The summed E-state index contributed by atoms with van der Waals surface area (Å²) >= 11 is 0. The zero-order chi connectivity index (χ0) is 12.2. The number of carbonyl (C=O) groups is 1. The van der Waals surface area contributed by atoms with Gasteiger partial charge in [0, 0.05) is 6.20 Å². The zero-order valence-electron chi connectivity index (χ0n) is 9.95. The van der Waals surface area contributed by atoms with Crippen molar-refractivity contribution in [2.45, 2.75) is 33.2 Å². The van der Waals surface area contributed by atoms with Gasteiger partial charge < -0.3 is 10.4 Å². The Morgan fingerprint density at radius 3 is 2.75 bits per heavy atom. The molecule has 0 aliphatic heterocycles. The summed E-state index contributed by atoms with van der Waals surface area (Å²) in [5.74, 6) is -0.235. The number of aromatic nitrogens is 2. The maximum atomic E-state index is 11.7. The lowest BCUT2D eigenvalue weighted by Crippen LogP contribution is -2.40. The first kappa shape index (κ1) is 12.7. The van der Waals surface area contributed by atoms with Gasteiger partial charge in [0.05, 0.1) is 12.6 Å². The van der Waals surface area contributed by atoms with Gasteiger partial charge in [-0.2, -0.15) is 5.10 Å². The SMILES string of the molecule is CC(C)(C)CC(CO)NC(=O)c1ccn[nH]1. The lowest BCUT2D eigenvalue weighted by Gasteiger charge is -2.25. The lowest BCUT2D eigenvalue weighted by atomic mass is 9.88. The molecule has 0 bridgehead atoms. The number of rotatable bonds is 4. The average Bonchev–Trinajstić information content (AvgIpc) is 2.67. The highest BCUT2D eigenvalue weighted by atomic mass is 16.3. The highest BCUT2D eigenvalue weighted by Gasteiger charge is 2.20. The number of nitrogens with zero attached hydrogens (tertiary/aromatic N) is 1. The molecule has 5 nitrogen and oxygen atoms in total. The summed E-state index contributed by atoms with van der Waals surface area (Å²) in [6.07, 6.45) is 2.25. The third-order valence-electron chi connectivity index (χ3n) is 2.16. The second kappa shape index (κ2) is 5.12. The molecule has 90 valence electrons. The predicted molar refractivity (Wildman–Crippen MR) is 61.0 cm³/mol. The highest BCUT2D eigenvalue weighted by Crippen LogP contribution is 2.20. The normalized spacial score (nSPS) is 13.5. The van der Waals surface area contributed by atoms with Crippen molar-refractivity contribution < 1.29 is 9.90 Å². The molecule has 0 aliphatic rings. The molecule has 0 aromatic carbocycles. The van der Waals surface area contributed by atoms with Gasteiger partial charge in [0.15, 0.2) is 0 Å². The number of hydrogen-bond acceptors (Lipinski definition) is 3. The number of H-pyrrole nitrogens is 1. The Morgan fingerprint density at radius 1 is 1.62 bits per heavy atom. The van der Waals surface area contributed by atoms with Crippen LogP contribution in [0.25, 0.3) is 0 Å². The molecule has 1 atom stereocenters. The van der Waals surface area contributed by atoms with Crippen molar-refractivity contribution in [3.8, 4) is 0 Å². The maximum absolute atomic E-state index is 11.7. The molecule has 0 spiro atoms. The van der Waals surface area contributed by atoms with Crippen molar-refractivity contribution >= 4 is 5.91 Å². The first-order chi connectivity index (χ1) is 7.42. The molecule has 1 heterocycles. The van der Waals surface area contributed by atoms with Gasteiger partial charge in [-0.15, -0.1) is 0 Å². The Balaban J connectivity index is 2.54. The van der Waals surface area contributed by atoms with Crippen molar-refractivity contribution in [1.82, 2.24) is 15.5 Å². The van der Waals surface area contributed by atoms with Gasteiger partial charge in [-0.25, -0.2) is 0 Å². The van der Waals surface area contributed by atoms with E-state index in [1.807, 2.05) is 0 Å². The number of amides is 1. The molecule has 16 heavy (non-hydrogen) atoms. The standard InChI is InChI=1S/C11H19N3O2/c1-11(2,3)6-8(7-15)13-10(16)9-4-5-12-14-9/h4-5,8,15H,6-7H2,1-3H3,(H,12,14)(H,13,16). The van der Waals surface area contributed by atoms with E-state index in [0.717, 1.165) is 6.42 Å². The lowest BCUT2D eigenvalue weighted by molar-refractivity contribution is 0.0892. The van der Waals surface area contributed by atoms with Crippen molar-refractivity contribution in [1.29, 1.82) is 0 Å². The molecule has 1 unspecified atom stereocenters. The molecule has 0 fully saturated rings. The van der Waals surface area contributed by atoms with Crippen LogP contribution in [0.2, 0.25) is 0 Å². The van der Waals surface area contributed by atoms with Crippen LogP contribution in [0.15, 0.2) is 12.3 Å². The van der Waals surface area contributed by atoms with Gasteiger partial charge in [-0.1, -0.05) is 20.8 Å². The third-order valence-corrected chi connectivity index (χ3v) is 2.16. The molecular weight excluding hydrogens is 206 g/mol. The van der Waals surface area contributed by atoms with E-state index in [4.69, 9.17) is 0 Å². The third kappa shape index (κ3) is 4.02. The van der Waals surface area contributed by atoms with E-state index in [1.165, 1.54) is 6.20 Å². The van der Waals surface area contributed by atoms with Crippen molar-refractivity contribution in [2.75, 3.05) is 6.61 Å². The van der Waals surface area contributed by atoms with Crippen LogP contribution >= 0.6 is 0 Å². The Bertz CT molecular complexity index is 327. The first-order valence-electron chi connectivity index (χ1n) is 5.33. The van der Waals surface area contributed by atoms with Crippen LogP contribution in [-0.4, -0.2) is 33.9 Å². The number of nitrogens with one attached hydrogen (secondary N) is 2. The van der Waals surface area contributed by atoms with Gasteiger partial charge in [0.25, 0.3) is 5.91 Å². The van der Waals surface area contributed by atoms with E-state index in [1.54, 1.807) is 6.07 Å². The molecule has 0 saturated carbocycles. The number of hydrogen-bond donors (Lipinski definition) is 3. The molecule has 3 N–H and O–H groups in total. The summed E-state index contributed by atoms with van der Waals surface area (Å²) in [6.45, 7) is 6.14. The van der Waals surface area contributed by atoms with Crippen LogP contribution in [0.4, 0.5) is 0 Å². The number of aliphatic hydroxyl groups excluding tert-OH is 1. The van der Waals surface area contributed by atoms with Gasteiger partial charge in [-0.3, -0.25) is 9.89 Å². The molecule has 1 rings (SSSR count). The molecule has 1 aromatic heterocycles. The van der Waals surface area contributed by atoms with E-state index in [-0.39, 0.29) is 24.0 Å². The van der Waals surface area contributed by atoms with Gasteiger partial charge >= 0.3 is 0 Å². The molecule has 5 heteroatoms. The van der Waals surface area contributed by atoms with E-state index in [2.05, 4.69) is 36.3 Å². The van der Waals surface area contributed by atoms with Crippen molar-refractivity contribution in [2.24, 2.45) is 5.41 Å². The fourth-order valence-corrected chi connectivity index (χ4v) is 1.55. The minimum atomic E-state index is -0.235. The van der Waals surface area contributed by atoms with Crippen LogP contribution in [0.3, 0.4) is 0 Å². The Morgan fingerprint density at radius 2 is 2.31 bits per heavy atom. The smallest absolute Gasteiger partial charge is 0.269 e. The fourth-order valence-electron chi connectivity index (χ4n) is 1.55. The summed E-state index contributed by atoms with van der Waals surface area (Å²) in [6, 6.07) is 1.37. The second-order valence-electron chi connectivity index (χ2n) is 5.09. The molecule has 0 aliphatic carbocycles. The van der Waals surface area contributed by atoms with Crippen LogP contribution in [0.5, 0.6) is 0 Å². The summed E-state index contributed by atoms with van der Waals surface area (Å²) < 4.78 is 0. The van der Waals surface area contributed by atoms with E-state index >= 15 is 0 Å². The van der Waals surface area contributed by atoms with Gasteiger partial charge in [-0.05, 0) is 17.9 Å². The largest absolute Gasteiger partial charge is 0.394 e. The minimum Gasteiger partial charge on any atom is -0.394 e. The molecule has 0 saturated heterocycles. The molecule has 1 amide bonds. The van der Waals surface area contributed by atoms with Crippen LogP contribution in [0.1, 0.15) is 37.7 Å². The van der Waals surface area contributed by atoms with E-state index in [0.29, 0.717) is 5.69 Å². The monoisotopic (exact) mass is 225 g/mol.